The van der Waals surface area contributed by atoms with Crippen LogP contribution in [0.25, 0.3) is 0 Å². The lowest BCUT2D eigenvalue weighted by Gasteiger charge is -2.34. The van der Waals surface area contributed by atoms with Crippen LogP contribution < -0.4 is 9.91 Å². The molecule has 0 radical (unpaired) electrons. The largest absolute Gasteiger partial charge is 0.396 e. The summed E-state index contributed by atoms with van der Waals surface area (Å²) < 4.78 is 32.9. The molecule has 0 aromatic heterocycles. The van der Waals surface area contributed by atoms with Crippen LogP contribution in [0.5, 0.6) is 0 Å². The number of anilines is 2. The number of rotatable bonds is 9. The van der Waals surface area contributed by atoms with Gasteiger partial charge in [0.15, 0.2) is 0 Å². The van der Waals surface area contributed by atoms with E-state index in [0.717, 1.165) is 47.1 Å². The van der Waals surface area contributed by atoms with Crippen molar-refractivity contribution in [2.24, 2.45) is 15.9 Å². The number of aliphatic hydroxyl groups excluding tert-OH is 4. The minimum absolute atomic E-state index is 0.145. The van der Waals surface area contributed by atoms with Gasteiger partial charge in [-0.05, 0) is 59.7 Å². The third-order valence-electron chi connectivity index (χ3n) is 9.29. The van der Waals surface area contributed by atoms with Crippen LogP contribution in [-0.4, -0.2) is 113 Å². The van der Waals surface area contributed by atoms with E-state index >= 15 is 0 Å². The Balaban J connectivity index is 1.38. The van der Waals surface area contributed by atoms with Gasteiger partial charge in [-0.25, -0.2) is 0 Å². The molecule has 0 saturated carbocycles. The Hall–Kier alpha value is -2.78. The summed E-state index contributed by atoms with van der Waals surface area (Å²) in [6, 6.07) is 23.4. The molecule has 5 rings (SSSR count). The lowest BCUT2D eigenvalue weighted by molar-refractivity contribution is 0.0890. The number of nitrogens with zero attached hydrogens (tertiary/aromatic N) is 4. The molecule has 5 N–H and O–H groups in total. The van der Waals surface area contributed by atoms with Gasteiger partial charge in [-0.1, -0.05) is 24.3 Å². The van der Waals surface area contributed by atoms with Crippen molar-refractivity contribution in [2.45, 2.75) is 17.4 Å². The zero-order chi connectivity index (χ0) is 36.5. The molecule has 15 heteroatoms. The molecule has 3 aromatic rings. The van der Waals surface area contributed by atoms with Crippen LogP contribution in [0.3, 0.4) is 0 Å². The number of hydrogen-bond acceptors (Lipinski definition) is 13. The summed E-state index contributed by atoms with van der Waals surface area (Å²) >= 11 is 4.96. The van der Waals surface area contributed by atoms with Gasteiger partial charge in [-0.3, -0.25) is 9.56 Å². The molecule has 51 heavy (non-hydrogen) atoms. The van der Waals surface area contributed by atoms with Crippen molar-refractivity contribution >= 4 is 62.5 Å². The maximum absolute atomic E-state index is 11.7. The van der Waals surface area contributed by atoms with E-state index in [0.29, 0.717) is 40.7 Å². The second-order valence-electron chi connectivity index (χ2n) is 13.1. The van der Waals surface area contributed by atoms with E-state index in [1.165, 1.54) is 12.1 Å². The van der Waals surface area contributed by atoms with E-state index in [9.17, 15) is 38.7 Å². The predicted octanol–water partition coefficient (Wildman–Crippen LogP) is 4.12. The van der Waals surface area contributed by atoms with Gasteiger partial charge < -0.3 is 25.3 Å². The van der Waals surface area contributed by atoms with Crippen LogP contribution in [0.1, 0.15) is 29.2 Å². The highest BCUT2D eigenvalue weighted by atomic mass is 32.2. The van der Waals surface area contributed by atoms with Gasteiger partial charge in [0, 0.05) is 70.5 Å². The summed E-state index contributed by atoms with van der Waals surface area (Å²) in [6.07, 6.45) is 0.565. The molecular formula is C36H44N4O7S4. The average Bonchev–Trinajstić information content (AvgIpc) is 3.61. The van der Waals surface area contributed by atoms with Gasteiger partial charge in [0.25, 0.3) is 10.1 Å². The number of hydrazone groups is 1. The van der Waals surface area contributed by atoms with E-state index in [4.69, 9.17) is 5.10 Å². The molecule has 1 saturated heterocycles. The third-order valence-corrected chi connectivity index (χ3v) is 14.4. The van der Waals surface area contributed by atoms with Crippen LogP contribution >= 0.6 is 35.3 Å². The zero-order valence-electron chi connectivity index (χ0n) is 28.2. The Bertz CT molecular complexity index is 1730. The fraction of sp³-hybridized carbons (Fsp3) is 0.444. The maximum Gasteiger partial charge on any atom is 0.294 e. The van der Waals surface area contributed by atoms with Gasteiger partial charge in [0.2, 0.25) is 0 Å². The quantitative estimate of drug-likeness (QED) is 0.197. The lowest BCUT2D eigenvalue weighted by atomic mass is 9.95. The summed E-state index contributed by atoms with van der Waals surface area (Å²) in [4.78, 5) is 2.11. The van der Waals surface area contributed by atoms with Gasteiger partial charge in [-0.2, -0.15) is 54.1 Å². The monoisotopic (exact) mass is 772 g/mol. The predicted molar refractivity (Wildman–Crippen MR) is 208 cm³/mol. The topological polar surface area (TPSA) is 178 Å². The number of hydrogen-bond donors (Lipinski definition) is 5. The normalized spacial score (nSPS) is 20.3. The number of thioether (sulfide) groups is 3. The first-order valence-corrected chi connectivity index (χ1v) is 21.4. The molecule has 1 fully saturated rings. The van der Waals surface area contributed by atoms with Crippen molar-refractivity contribution in [2.75, 3.05) is 83.9 Å². The number of nitriles is 1. The molecular weight excluding hydrogens is 729 g/mol. The minimum Gasteiger partial charge on any atom is -0.396 e. The van der Waals surface area contributed by atoms with Crippen molar-refractivity contribution in [1.29, 1.82) is 5.26 Å². The van der Waals surface area contributed by atoms with E-state index in [-0.39, 0.29) is 37.4 Å². The number of benzene rings is 3. The van der Waals surface area contributed by atoms with E-state index in [1.807, 2.05) is 17.1 Å². The van der Waals surface area contributed by atoms with Crippen LogP contribution in [-0.2, 0) is 10.1 Å². The zero-order valence-corrected chi connectivity index (χ0v) is 31.4. The van der Waals surface area contributed by atoms with Crippen LogP contribution in [0.15, 0.2) is 82.8 Å². The highest BCUT2D eigenvalue weighted by molar-refractivity contribution is 8.00. The Morgan fingerprint density at radius 3 is 1.75 bits per heavy atom. The summed E-state index contributed by atoms with van der Waals surface area (Å²) in [6.45, 7) is 0.916. The molecule has 2 heterocycles. The second kappa shape index (κ2) is 17.8. The Morgan fingerprint density at radius 2 is 1.25 bits per heavy atom. The highest BCUT2D eigenvalue weighted by Gasteiger charge is 2.34. The summed E-state index contributed by atoms with van der Waals surface area (Å²) in [5.41, 5.74) is 3.62. The van der Waals surface area contributed by atoms with Gasteiger partial charge >= 0.3 is 0 Å². The van der Waals surface area contributed by atoms with Crippen molar-refractivity contribution in [1.82, 2.24) is 0 Å². The third kappa shape index (κ3) is 9.81. The van der Waals surface area contributed by atoms with Crippen molar-refractivity contribution < 1.29 is 33.4 Å². The van der Waals surface area contributed by atoms with E-state index < -0.39 is 20.9 Å². The maximum atomic E-state index is 11.7. The number of aliphatic hydroxyl groups is 4. The minimum atomic E-state index is -4.35. The van der Waals surface area contributed by atoms with E-state index in [2.05, 4.69) is 35.2 Å². The molecule has 1 unspecified atom stereocenters. The van der Waals surface area contributed by atoms with Gasteiger partial charge in [-0.15, -0.1) is 0 Å². The Morgan fingerprint density at radius 1 is 0.745 bits per heavy atom. The van der Waals surface area contributed by atoms with Gasteiger partial charge in [0.05, 0.1) is 60.4 Å². The first-order valence-electron chi connectivity index (χ1n) is 16.5. The van der Waals surface area contributed by atoms with Crippen LogP contribution in [0.4, 0.5) is 11.4 Å². The molecule has 3 aromatic carbocycles. The van der Waals surface area contributed by atoms with Crippen molar-refractivity contribution in [3.63, 3.8) is 0 Å². The molecule has 11 nitrogen and oxygen atoms in total. The molecule has 0 bridgehead atoms. The molecule has 0 aliphatic carbocycles. The molecule has 1 atom stereocenters. The first kappa shape index (κ1) is 39.4. The van der Waals surface area contributed by atoms with Crippen LogP contribution in [0, 0.1) is 22.2 Å². The van der Waals surface area contributed by atoms with E-state index in [1.54, 1.807) is 59.6 Å². The summed E-state index contributed by atoms with van der Waals surface area (Å²) in [7, 11) is -4.35. The smallest absolute Gasteiger partial charge is 0.294 e. The molecule has 2 aliphatic rings. The average molecular weight is 773 g/mol. The SMILES string of the molecule is N#Cc1ccc(C2=NN(c3ccc(S(=O)(=O)O)cc3)C(c3ccc(N4CCSCC(CO)(CO)CSCC(CO)(CO)CSCC4)cc3)C2)cc1. The van der Waals surface area contributed by atoms with Crippen molar-refractivity contribution in [3.8, 4) is 6.07 Å². The standard InChI is InChI=1S/C36H44N4O7S4/c37-18-27-1-3-28(4-2-27)33-17-34(40(38-33)31-9-11-32(12-10-31)51(45,46)47)29-5-7-30(8-6-29)39-13-15-48-23-35(19-41,20-42)25-50-26-36(21-43,22-44)24-49-16-14-39/h1-12,34,41-44H,13-17,19-26H2,(H,45,46,47). The van der Waals surface area contributed by atoms with Gasteiger partial charge in [0.1, 0.15) is 0 Å². The van der Waals surface area contributed by atoms with Crippen LogP contribution in [0.2, 0.25) is 0 Å². The Kier molecular flexibility index (Phi) is 13.8. The lowest BCUT2D eigenvalue weighted by Crippen LogP contribution is -2.40. The molecule has 0 spiro atoms. The summed E-state index contributed by atoms with van der Waals surface area (Å²) in [5, 5.41) is 56.9. The van der Waals surface area contributed by atoms with Crippen molar-refractivity contribution in [3.05, 3.63) is 89.5 Å². The highest BCUT2D eigenvalue weighted by Crippen LogP contribution is 2.38. The second-order valence-corrected chi connectivity index (χ2v) is 17.7. The molecule has 2 aliphatic heterocycles. The fourth-order valence-electron chi connectivity index (χ4n) is 5.93. The fourth-order valence-corrected chi connectivity index (χ4v) is 10.6. The molecule has 274 valence electrons. The molecule has 0 amide bonds. The first-order chi connectivity index (χ1) is 24.6. The summed E-state index contributed by atoms with van der Waals surface area (Å²) in [5.74, 6) is 3.84. The Labute approximate surface area is 312 Å².